The van der Waals surface area contributed by atoms with E-state index in [4.69, 9.17) is 26.2 Å². The Labute approximate surface area is 99.0 Å². The molecule has 4 nitrogen and oxygen atoms in total. The Hall–Kier alpha value is -0.850. The third kappa shape index (κ3) is 2.06. The maximum Gasteiger partial charge on any atom is 0.195 e. The van der Waals surface area contributed by atoms with Crippen molar-refractivity contribution >= 4 is 45.2 Å². The van der Waals surface area contributed by atoms with Crippen molar-refractivity contribution in [1.82, 2.24) is 0 Å². The highest BCUT2D eigenvalue weighted by Crippen LogP contribution is 2.29. The zero-order chi connectivity index (χ0) is 10.8. The minimum absolute atomic E-state index is 0.0346. The third-order valence-corrected chi connectivity index (χ3v) is 2.66. The summed E-state index contributed by atoms with van der Waals surface area (Å²) in [7, 11) is 0. The number of aliphatic hydroxyl groups is 1. The van der Waals surface area contributed by atoms with Gasteiger partial charge in [-0.15, -0.1) is 0 Å². The predicted molar refractivity (Wildman–Crippen MR) is 62.6 cm³/mol. The van der Waals surface area contributed by atoms with Crippen molar-refractivity contribution in [3.63, 3.8) is 0 Å². The minimum Gasteiger partial charge on any atom is -0.458 e. The molecule has 0 spiro atoms. The van der Waals surface area contributed by atoms with E-state index in [1.165, 1.54) is 6.26 Å². The molecule has 0 saturated heterocycles. The zero-order valence-corrected chi connectivity index (χ0v) is 10.0. The van der Waals surface area contributed by atoms with Crippen LogP contribution in [0.25, 0.3) is 11.2 Å². The van der Waals surface area contributed by atoms with Crippen LogP contribution < -0.4 is 5.32 Å². The smallest absolute Gasteiger partial charge is 0.195 e. The molecule has 0 amide bonds. The molecule has 0 aromatic carbocycles. The van der Waals surface area contributed by atoms with Gasteiger partial charge in [0.1, 0.15) is 6.26 Å². The van der Waals surface area contributed by atoms with Gasteiger partial charge in [0.25, 0.3) is 0 Å². The van der Waals surface area contributed by atoms with Crippen LogP contribution in [-0.2, 0) is 0 Å². The Morgan fingerprint density at radius 2 is 2.27 bits per heavy atom. The van der Waals surface area contributed by atoms with Crippen molar-refractivity contribution in [2.75, 3.05) is 18.5 Å². The van der Waals surface area contributed by atoms with Crippen LogP contribution in [-0.4, -0.2) is 18.3 Å². The van der Waals surface area contributed by atoms with Crippen LogP contribution in [0.5, 0.6) is 0 Å². The molecule has 0 aliphatic heterocycles. The molecule has 0 fully saturated rings. The van der Waals surface area contributed by atoms with Gasteiger partial charge < -0.3 is 19.3 Å². The Morgan fingerprint density at radius 1 is 1.47 bits per heavy atom. The molecule has 0 saturated carbocycles. The first-order chi connectivity index (χ1) is 7.22. The minimum atomic E-state index is 0.0346. The second-order valence-electron chi connectivity index (χ2n) is 2.87. The lowest BCUT2D eigenvalue weighted by Crippen LogP contribution is -2.05. The van der Waals surface area contributed by atoms with Gasteiger partial charge in [0.15, 0.2) is 17.1 Å². The predicted octanol–water partition coefficient (Wildman–Crippen LogP) is 2.92. The highest BCUT2D eigenvalue weighted by Gasteiger charge is 2.09. The molecule has 2 heterocycles. The van der Waals surface area contributed by atoms with E-state index in [1.807, 2.05) is 0 Å². The first-order valence-electron chi connectivity index (χ1n) is 4.28. The summed E-state index contributed by atoms with van der Waals surface area (Å²) in [6.45, 7) is 0.451. The average Bonchev–Trinajstić information content (AvgIpc) is 2.58. The molecule has 2 aromatic heterocycles. The van der Waals surface area contributed by atoms with Gasteiger partial charge in [0.05, 0.1) is 15.6 Å². The molecule has 0 bridgehead atoms. The lowest BCUT2D eigenvalue weighted by Gasteiger charge is -2.02. The first kappa shape index (κ1) is 10.7. The van der Waals surface area contributed by atoms with Crippen molar-refractivity contribution in [1.29, 1.82) is 0 Å². The molecule has 2 aromatic rings. The van der Waals surface area contributed by atoms with Gasteiger partial charge in [-0.05, 0) is 15.9 Å². The summed E-state index contributed by atoms with van der Waals surface area (Å²) in [5.74, 6) is 0.517. The number of furan rings is 1. The van der Waals surface area contributed by atoms with Crippen molar-refractivity contribution in [3.8, 4) is 0 Å². The van der Waals surface area contributed by atoms with Gasteiger partial charge in [0.2, 0.25) is 0 Å². The normalized spacial score (nSPS) is 10.8. The SMILES string of the molecule is OCCNc1cc(=S)c2occ(Br)c2o1. The molecule has 0 unspecified atom stereocenters. The molecule has 80 valence electrons. The lowest BCUT2D eigenvalue weighted by molar-refractivity contribution is 0.310. The van der Waals surface area contributed by atoms with Gasteiger partial charge in [-0.2, -0.15) is 0 Å². The summed E-state index contributed by atoms with van der Waals surface area (Å²) in [5, 5.41) is 11.6. The average molecular weight is 290 g/mol. The summed E-state index contributed by atoms with van der Waals surface area (Å²) >= 11 is 8.42. The maximum atomic E-state index is 8.67. The summed E-state index contributed by atoms with van der Waals surface area (Å²) in [6, 6.07) is 1.66. The van der Waals surface area contributed by atoms with Crippen LogP contribution in [0.1, 0.15) is 0 Å². The first-order valence-corrected chi connectivity index (χ1v) is 5.48. The van der Waals surface area contributed by atoms with Crippen molar-refractivity contribution in [2.45, 2.75) is 0 Å². The van der Waals surface area contributed by atoms with Crippen molar-refractivity contribution in [3.05, 3.63) is 21.3 Å². The monoisotopic (exact) mass is 289 g/mol. The standard InChI is InChI=1S/C9H8BrNO3S/c10-5-4-13-9-6(15)3-7(11-1-2-12)14-8(5)9/h3-4,11-12H,1-2H2. The molecule has 2 N–H and O–H groups in total. The second kappa shape index (κ2) is 4.34. The van der Waals surface area contributed by atoms with Crippen LogP contribution in [0.15, 0.2) is 25.6 Å². The Kier molecular flexibility index (Phi) is 3.08. The molecule has 2 rings (SSSR count). The summed E-state index contributed by atoms with van der Waals surface area (Å²) in [4.78, 5) is 0. The molecule has 6 heteroatoms. The fraction of sp³-hybridized carbons (Fsp3) is 0.222. The van der Waals surface area contributed by atoms with E-state index in [0.29, 0.717) is 28.1 Å². The molecular formula is C9H8BrNO3S. The van der Waals surface area contributed by atoms with Crippen LogP contribution >= 0.6 is 28.1 Å². The van der Waals surface area contributed by atoms with Crippen molar-refractivity contribution < 1.29 is 13.9 Å². The Bertz CT molecular complexity index is 534. The summed E-state index contributed by atoms with van der Waals surface area (Å²) in [5.41, 5.74) is 1.12. The van der Waals surface area contributed by atoms with E-state index in [0.717, 1.165) is 4.47 Å². The molecular weight excluding hydrogens is 282 g/mol. The molecule has 0 aliphatic carbocycles. The number of aliphatic hydroxyl groups excluding tert-OH is 1. The number of hydrogen-bond donors (Lipinski definition) is 2. The van der Waals surface area contributed by atoms with E-state index in [2.05, 4.69) is 21.2 Å². The highest BCUT2D eigenvalue weighted by molar-refractivity contribution is 9.10. The number of rotatable bonds is 3. The zero-order valence-electron chi connectivity index (χ0n) is 7.62. The second-order valence-corrected chi connectivity index (χ2v) is 4.16. The number of hydrogen-bond acceptors (Lipinski definition) is 5. The summed E-state index contributed by atoms with van der Waals surface area (Å²) < 4.78 is 12.0. The molecule has 15 heavy (non-hydrogen) atoms. The van der Waals surface area contributed by atoms with Crippen LogP contribution in [0, 0.1) is 4.51 Å². The third-order valence-electron chi connectivity index (χ3n) is 1.81. The van der Waals surface area contributed by atoms with E-state index in [9.17, 15) is 0 Å². The highest BCUT2D eigenvalue weighted by atomic mass is 79.9. The lowest BCUT2D eigenvalue weighted by atomic mass is 10.4. The van der Waals surface area contributed by atoms with E-state index in [-0.39, 0.29) is 6.61 Å². The Balaban J connectivity index is 2.50. The summed E-state index contributed by atoms with van der Waals surface area (Å²) in [6.07, 6.45) is 1.53. The van der Waals surface area contributed by atoms with Crippen molar-refractivity contribution in [2.24, 2.45) is 0 Å². The number of halogens is 1. The number of nitrogens with one attached hydrogen (secondary N) is 1. The molecule has 0 aliphatic rings. The van der Waals surface area contributed by atoms with Gasteiger partial charge >= 0.3 is 0 Å². The topological polar surface area (TPSA) is 58.5 Å². The van der Waals surface area contributed by atoms with E-state index < -0.39 is 0 Å². The molecule has 0 radical (unpaired) electrons. The maximum absolute atomic E-state index is 8.67. The van der Waals surface area contributed by atoms with Crippen LogP contribution in [0.3, 0.4) is 0 Å². The van der Waals surface area contributed by atoms with Gasteiger partial charge in [-0.25, -0.2) is 0 Å². The molecule has 0 atom stereocenters. The van der Waals surface area contributed by atoms with Crippen LogP contribution in [0.4, 0.5) is 5.88 Å². The van der Waals surface area contributed by atoms with Gasteiger partial charge in [0, 0.05) is 12.6 Å². The number of fused-ring (bicyclic) bond motifs is 1. The van der Waals surface area contributed by atoms with Gasteiger partial charge in [-0.1, -0.05) is 12.2 Å². The fourth-order valence-corrected chi connectivity index (χ4v) is 1.78. The van der Waals surface area contributed by atoms with E-state index >= 15 is 0 Å². The van der Waals surface area contributed by atoms with E-state index in [1.54, 1.807) is 6.07 Å². The largest absolute Gasteiger partial charge is 0.458 e. The quantitative estimate of drug-likeness (QED) is 0.851. The Morgan fingerprint density at radius 3 is 3.00 bits per heavy atom. The van der Waals surface area contributed by atoms with Crippen LogP contribution in [0.2, 0.25) is 0 Å². The van der Waals surface area contributed by atoms with Gasteiger partial charge in [-0.3, -0.25) is 0 Å². The fourth-order valence-electron chi connectivity index (χ4n) is 1.18. The number of anilines is 1.